The van der Waals surface area contributed by atoms with E-state index >= 15 is 0 Å². The van der Waals surface area contributed by atoms with Crippen LogP contribution in [0.2, 0.25) is 0 Å². The van der Waals surface area contributed by atoms with Crippen molar-refractivity contribution < 1.29 is 0 Å². The Kier molecular flexibility index (Phi) is 16.6. The van der Waals surface area contributed by atoms with Crippen molar-refractivity contribution in [2.45, 2.75) is 168 Å². The Labute approximate surface area is 332 Å². The molecule has 0 saturated carbocycles. The van der Waals surface area contributed by atoms with Gasteiger partial charge in [0.2, 0.25) is 0 Å². The Morgan fingerprint density at radius 2 is 0.596 bits per heavy atom. The summed E-state index contributed by atoms with van der Waals surface area (Å²) in [5, 5.41) is 0. The van der Waals surface area contributed by atoms with Gasteiger partial charge in [-0.15, -0.1) is 45.3 Å². The minimum absolute atomic E-state index is 1.21. The zero-order valence-electron chi connectivity index (χ0n) is 32.4. The number of benzene rings is 2. The van der Waals surface area contributed by atoms with E-state index in [4.69, 9.17) is 0 Å². The number of hydrogen-bond acceptors (Lipinski definition) is 4. The van der Waals surface area contributed by atoms with E-state index in [1.807, 2.05) is 0 Å². The van der Waals surface area contributed by atoms with Crippen LogP contribution in [0.25, 0.3) is 49.1 Å². The zero-order valence-corrected chi connectivity index (χ0v) is 35.6. The lowest BCUT2D eigenvalue weighted by atomic mass is 10.0. The van der Waals surface area contributed by atoms with E-state index in [-0.39, 0.29) is 0 Å². The van der Waals surface area contributed by atoms with Crippen LogP contribution in [0.4, 0.5) is 0 Å². The Balaban J connectivity index is 1.15. The second-order valence-corrected chi connectivity index (χ2v) is 19.4. The minimum atomic E-state index is 1.21. The van der Waals surface area contributed by atoms with Crippen molar-refractivity contribution in [1.82, 2.24) is 0 Å². The molecule has 0 N–H and O–H groups in total. The molecular formula is C48H64S4. The van der Waals surface area contributed by atoms with Crippen molar-refractivity contribution in [3.63, 3.8) is 0 Å². The fraction of sp³-hybridized carbons (Fsp3) is 0.542. The molecular weight excluding hydrogens is 705 g/mol. The third-order valence-electron chi connectivity index (χ3n) is 11.1. The highest BCUT2D eigenvalue weighted by Crippen LogP contribution is 2.55. The summed E-state index contributed by atoms with van der Waals surface area (Å²) in [5.74, 6) is 0. The number of unbranched alkanes of at least 4 members (excludes halogenated alkanes) is 20. The fourth-order valence-corrected chi connectivity index (χ4v) is 14.3. The number of fused-ring (bicyclic) bond motifs is 5. The molecule has 0 nitrogen and oxygen atoms in total. The third-order valence-corrected chi connectivity index (χ3v) is 16.9. The van der Waals surface area contributed by atoms with Crippen LogP contribution < -0.4 is 0 Å². The van der Waals surface area contributed by atoms with Crippen LogP contribution >= 0.6 is 45.3 Å². The predicted octanol–water partition coefficient (Wildman–Crippen LogP) is 18.4. The summed E-state index contributed by atoms with van der Waals surface area (Å²) in [6, 6.07) is 22.5. The normalized spacial score (nSPS) is 12.0. The van der Waals surface area contributed by atoms with Crippen LogP contribution in [0.3, 0.4) is 0 Å². The third kappa shape index (κ3) is 10.6. The lowest BCUT2D eigenvalue weighted by Gasteiger charge is -2.06. The standard InChI is InChI=1S/C48H64S4/c1-3-5-7-9-11-13-15-17-19-21-29-35-39-41(37-31-25-23-26-32-37)49-45-43(39)51-48-46-44(52-47(45)48)40(42(50-46)38-33-27-24-28-34-38)36-30-22-20-18-16-14-12-10-8-6-4-2/h23-28,31-34H,3-22,29-30,35-36H2,1-2H3. The minimum Gasteiger partial charge on any atom is -0.132 e. The average molecular weight is 769 g/mol. The number of aryl methyl sites for hydroxylation is 2. The van der Waals surface area contributed by atoms with Gasteiger partial charge in [0.25, 0.3) is 0 Å². The number of thiophene rings is 4. The van der Waals surface area contributed by atoms with Crippen molar-refractivity contribution in [3.8, 4) is 20.9 Å². The molecule has 0 spiro atoms. The van der Waals surface area contributed by atoms with Crippen LogP contribution in [0.1, 0.15) is 166 Å². The summed E-state index contributed by atoms with van der Waals surface area (Å²) in [6.45, 7) is 4.62. The van der Waals surface area contributed by atoms with Gasteiger partial charge in [0.1, 0.15) is 0 Å². The highest BCUT2D eigenvalue weighted by Gasteiger charge is 2.24. The molecule has 0 aliphatic rings. The molecule has 6 rings (SSSR count). The monoisotopic (exact) mass is 768 g/mol. The SMILES string of the molecule is CCCCCCCCCCCCCc1c(-c2ccccc2)sc2c1sc1c3sc(-c4ccccc4)c(CCCCCCCCCCCCC)c3sc21. The summed E-state index contributed by atoms with van der Waals surface area (Å²) in [6.07, 6.45) is 33.2. The maximum absolute atomic E-state index is 2.33. The second-order valence-electron chi connectivity index (χ2n) is 15.3. The molecule has 4 aromatic heterocycles. The van der Waals surface area contributed by atoms with Gasteiger partial charge in [-0.3, -0.25) is 0 Å². The van der Waals surface area contributed by atoms with Gasteiger partial charge >= 0.3 is 0 Å². The van der Waals surface area contributed by atoms with Gasteiger partial charge in [0.15, 0.2) is 0 Å². The van der Waals surface area contributed by atoms with Gasteiger partial charge in [-0.1, -0.05) is 203 Å². The van der Waals surface area contributed by atoms with Crippen LogP contribution in [-0.4, -0.2) is 0 Å². The second kappa shape index (κ2) is 21.8. The summed E-state index contributed by atoms with van der Waals surface area (Å²) in [7, 11) is 0. The molecule has 2 aromatic carbocycles. The molecule has 4 heterocycles. The van der Waals surface area contributed by atoms with E-state index in [1.165, 1.54) is 175 Å². The molecule has 52 heavy (non-hydrogen) atoms. The van der Waals surface area contributed by atoms with Crippen molar-refractivity contribution in [2.75, 3.05) is 0 Å². The van der Waals surface area contributed by atoms with Crippen LogP contribution in [0.5, 0.6) is 0 Å². The van der Waals surface area contributed by atoms with Gasteiger partial charge in [0.05, 0.1) is 28.2 Å². The first-order chi connectivity index (χ1) is 25.8. The topological polar surface area (TPSA) is 0 Å². The summed E-state index contributed by atoms with van der Waals surface area (Å²) in [4.78, 5) is 3.05. The van der Waals surface area contributed by atoms with Crippen molar-refractivity contribution in [3.05, 3.63) is 71.8 Å². The molecule has 0 unspecified atom stereocenters. The Morgan fingerprint density at radius 1 is 0.308 bits per heavy atom. The Hall–Kier alpha value is -1.98. The zero-order chi connectivity index (χ0) is 35.8. The smallest absolute Gasteiger partial charge is 0.0651 e. The Morgan fingerprint density at radius 3 is 0.923 bits per heavy atom. The summed E-state index contributed by atoms with van der Waals surface area (Å²) >= 11 is 8.40. The highest BCUT2D eigenvalue weighted by molar-refractivity contribution is 7.45. The first-order valence-electron chi connectivity index (χ1n) is 21.3. The van der Waals surface area contributed by atoms with Crippen LogP contribution in [0.15, 0.2) is 60.7 Å². The first kappa shape index (κ1) is 39.7. The van der Waals surface area contributed by atoms with Gasteiger partial charge in [-0.25, -0.2) is 0 Å². The van der Waals surface area contributed by atoms with E-state index in [1.54, 1.807) is 39.3 Å². The van der Waals surface area contributed by atoms with E-state index in [2.05, 4.69) is 120 Å². The maximum Gasteiger partial charge on any atom is 0.0651 e. The average Bonchev–Trinajstić information content (AvgIpc) is 3.91. The molecule has 0 aliphatic heterocycles. The number of rotatable bonds is 26. The lowest BCUT2D eigenvalue weighted by molar-refractivity contribution is 0.550. The molecule has 0 saturated heterocycles. The van der Waals surface area contributed by atoms with E-state index < -0.39 is 0 Å². The van der Waals surface area contributed by atoms with Gasteiger partial charge < -0.3 is 0 Å². The lowest BCUT2D eigenvalue weighted by Crippen LogP contribution is -1.88. The molecule has 280 valence electrons. The van der Waals surface area contributed by atoms with E-state index in [9.17, 15) is 0 Å². The van der Waals surface area contributed by atoms with Crippen molar-refractivity contribution >= 4 is 73.5 Å². The van der Waals surface area contributed by atoms with Crippen LogP contribution in [0, 0.1) is 0 Å². The predicted molar refractivity (Wildman–Crippen MR) is 242 cm³/mol. The van der Waals surface area contributed by atoms with Gasteiger partial charge in [-0.2, -0.15) is 0 Å². The molecule has 6 aromatic rings. The number of hydrogen-bond donors (Lipinski definition) is 0. The van der Waals surface area contributed by atoms with Gasteiger partial charge in [0, 0.05) is 9.75 Å². The quantitative estimate of drug-likeness (QED) is 0.0482. The largest absolute Gasteiger partial charge is 0.132 e. The summed E-state index contributed by atoms with van der Waals surface area (Å²) in [5.41, 5.74) is 6.07. The molecule has 0 amide bonds. The highest BCUT2D eigenvalue weighted by atomic mass is 32.1. The summed E-state index contributed by atoms with van der Waals surface area (Å²) < 4.78 is 9.42. The molecule has 0 fully saturated rings. The van der Waals surface area contributed by atoms with Crippen molar-refractivity contribution in [2.24, 2.45) is 0 Å². The van der Waals surface area contributed by atoms with Crippen LogP contribution in [-0.2, 0) is 12.8 Å². The molecule has 0 aliphatic carbocycles. The molecule has 0 radical (unpaired) electrons. The van der Waals surface area contributed by atoms with E-state index in [0.29, 0.717) is 0 Å². The molecule has 4 heteroatoms. The van der Waals surface area contributed by atoms with E-state index in [0.717, 1.165) is 0 Å². The maximum atomic E-state index is 2.33. The Bertz CT molecular complexity index is 1730. The molecule has 0 atom stereocenters. The van der Waals surface area contributed by atoms with Crippen molar-refractivity contribution in [1.29, 1.82) is 0 Å². The van der Waals surface area contributed by atoms with Gasteiger partial charge in [-0.05, 0) is 47.9 Å². The molecule has 0 bridgehead atoms. The first-order valence-corrected chi connectivity index (χ1v) is 24.6. The fourth-order valence-electron chi connectivity index (χ4n) is 8.04.